The normalized spacial score (nSPS) is 17.9. The predicted octanol–water partition coefficient (Wildman–Crippen LogP) is 2.32. The van der Waals surface area contributed by atoms with E-state index in [0.29, 0.717) is 25.9 Å². The third kappa shape index (κ3) is 4.95. The Bertz CT molecular complexity index is 665. The van der Waals surface area contributed by atoms with Crippen LogP contribution in [0.3, 0.4) is 0 Å². The molecule has 2 rings (SSSR count). The van der Waals surface area contributed by atoms with E-state index in [9.17, 15) is 13.2 Å². The van der Waals surface area contributed by atoms with Crippen molar-refractivity contribution in [2.75, 3.05) is 26.0 Å². The molecule has 1 aromatic rings. The molecule has 1 unspecified atom stereocenters. The lowest BCUT2D eigenvalue weighted by Crippen LogP contribution is -2.44. The molecule has 0 radical (unpaired) electrons. The van der Waals surface area contributed by atoms with Crippen LogP contribution in [0.2, 0.25) is 0 Å². The van der Waals surface area contributed by atoms with Crippen molar-refractivity contribution in [3.8, 4) is 5.75 Å². The van der Waals surface area contributed by atoms with E-state index in [1.165, 1.54) is 4.31 Å². The highest BCUT2D eigenvalue weighted by Gasteiger charge is 2.30. The summed E-state index contributed by atoms with van der Waals surface area (Å²) >= 11 is 0. The lowest BCUT2D eigenvalue weighted by Gasteiger charge is -2.31. The summed E-state index contributed by atoms with van der Waals surface area (Å²) in [4.78, 5) is 12.6. The van der Waals surface area contributed by atoms with Crippen molar-refractivity contribution < 1.29 is 17.9 Å². The van der Waals surface area contributed by atoms with E-state index >= 15 is 0 Å². The minimum atomic E-state index is -3.16. The van der Waals surface area contributed by atoms with Crippen molar-refractivity contribution in [3.63, 3.8) is 0 Å². The summed E-state index contributed by atoms with van der Waals surface area (Å²) in [5.41, 5.74) is 1.04. The lowest BCUT2D eigenvalue weighted by molar-refractivity contribution is -0.126. The van der Waals surface area contributed by atoms with Gasteiger partial charge in [0.1, 0.15) is 5.75 Å². The molecule has 1 saturated heterocycles. The molecule has 1 fully saturated rings. The first kappa shape index (κ1) is 19.7. The molecule has 0 spiro atoms. The second-order valence-corrected chi connectivity index (χ2v) is 8.57. The Morgan fingerprint density at radius 3 is 2.32 bits per heavy atom. The smallest absolute Gasteiger partial charge is 0.223 e. The quantitative estimate of drug-likeness (QED) is 0.801. The molecule has 7 heteroatoms. The lowest BCUT2D eigenvalue weighted by atomic mass is 9.95. The van der Waals surface area contributed by atoms with Crippen molar-refractivity contribution in [1.82, 2.24) is 9.62 Å². The predicted molar refractivity (Wildman–Crippen MR) is 97.9 cm³/mol. The summed E-state index contributed by atoms with van der Waals surface area (Å²) in [5.74, 6) is 0.778. The van der Waals surface area contributed by atoms with E-state index in [1.54, 1.807) is 14.0 Å². The molecule has 0 aliphatic carbocycles. The third-order valence-corrected chi connectivity index (χ3v) is 6.71. The van der Waals surface area contributed by atoms with Crippen LogP contribution in [0.25, 0.3) is 0 Å². The van der Waals surface area contributed by atoms with Crippen molar-refractivity contribution in [2.45, 2.75) is 39.2 Å². The van der Waals surface area contributed by atoms with Crippen LogP contribution in [0.5, 0.6) is 5.75 Å². The number of benzene rings is 1. The first-order valence-electron chi connectivity index (χ1n) is 8.83. The minimum absolute atomic E-state index is 0.0104. The number of nitrogens with one attached hydrogen (secondary N) is 1. The van der Waals surface area contributed by atoms with E-state index in [1.807, 2.05) is 31.2 Å². The molecule has 140 valence electrons. The van der Waals surface area contributed by atoms with Gasteiger partial charge in [-0.1, -0.05) is 19.1 Å². The molecule has 1 N–H and O–H groups in total. The second kappa shape index (κ2) is 8.67. The van der Waals surface area contributed by atoms with Crippen LogP contribution in [0.4, 0.5) is 0 Å². The molecule has 0 aromatic heterocycles. The monoisotopic (exact) mass is 368 g/mol. The first-order chi connectivity index (χ1) is 11.9. The van der Waals surface area contributed by atoms with Gasteiger partial charge in [-0.3, -0.25) is 4.79 Å². The summed E-state index contributed by atoms with van der Waals surface area (Å²) in [7, 11) is -1.53. The summed E-state index contributed by atoms with van der Waals surface area (Å²) in [6.45, 7) is 4.53. The standard InChI is InChI=1S/C18H28N2O4S/c1-4-17(14-6-8-16(24-3)9-7-14)19-18(21)15-10-12-20(13-11-15)25(22,23)5-2/h6-9,15,17H,4-5,10-13H2,1-3H3,(H,19,21). The SMILES string of the molecule is CCC(NC(=O)C1CCN(S(=O)(=O)CC)CC1)c1ccc(OC)cc1. The second-order valence-electron chi connectivity index (χ2n) is 6.32. The Morgan fingerprint density at radius 2 is 1.84 bits per heavy atom. The van der Waals surface area contributed by atoms with Gasteiger partial charge in [-0.05, 0) is 43.9 Å². The summed E-state index contributed by atoms with van der Waals surface area (Å²) in [5, 5.41) is 3.11. The maximum atomic E-state index is 12.6. The summed E-state index contributed by atoms with van der Waals surface area (Å²) < 4.78 is 30.5. The Kier molecular flexibility index (Phi) is 6.84. The summed E-state index contributed by atoms with van der Waals surface area (Å²) in [6, 6.07) is 7.65. The first-order valence-corrected chi connectivity index (χ1v) is 10.4. The van der Waals surface area contributed by atoms with Crippen LogP contribution in [-0.2, 0) is 14.8 Å². The molecule has 0 bridgehead atoms. The number of hydrogen-bond donors (Lipinski definition) is 1. The van der Waals surface area contributed by atoms with Gasteiger partial charge in [-0.25, -0.2) is 12.7 Å². The van der Waals surface area contributed by atoms with Gasteiger partial charge < -0.3 is 10.1 Å². The van der Waals surface area contributed by atoms with Crippen molar-refractivity contribution in [3.05, 3.63) is 29.8 Å². The fourth-order valence-corrected chi connectivity index (χ4v) is 4.26. The summed E-state index contributed by atoms with van der Waals surface area (Å²) in [6.07, 6.45) is 1.94. The fraction of sp³-hybridized carbons (Fsp3) is 0.611. The van der Waals surface area contributed by atoms with Crippen LogP contribution in [0.1, 0.15) is 44.7 Å². The van der Waals surface area contributed by atoms with Crippen LogP contribution < -0.4 is 10.1 Å². The fourth-order valence-electron chi connectivity index (χ4n) is 3.13. The van der Waals surface area contributed by atoms with Crippen molar-refractivity contribution >= 4 is 15.9 Å². The largest absolute Gasteiger partial charge is 0.497 e. The topological polar surface area (TPSA) is 75.7 Å². The zero-order valence-electron chi connectivity index (χ0n) is 15.2. The average Bonchev–Trinajstić information content (AvgIpc) is 2.66. The maximum absolute atomic E-state index is 12.6. The number of piperidine rings is 1. The number of sulfonamides is 1. The third-order valence-electron chi connectivity index (χ3n) is 4.83. The van der Waals surface area contributed by atoms with Crippen LogP contribution >= 0.6 is 0 Å². The van der Waals surface area contributed by atoms with Gasteiger partial charge >= 0.3 is 0 Å². The van der Waals surface area contributed by atoms with E-state index < -0.39 is 10.0 Å². The minimum Gasteiger partial charge on any atom is -0.497 e. The molecule has 1 aromatic carbocycles. The number of ether oxygens (including phenoxy) is 1. The number of nitrogens with zero attached hydrogens (tertiary/aromatic N) is 1. The molecule has 25 heavy (non-hydrogen) atoms. The molecular formula is C18H28N2O4S. The van der Waals surface area contributed by atoms with Gasteiger partial charge in [0.25, 0.3) is 0 Å². The van der Waals surface area contributed by atoms with E-state index in [2.05, 4.69) is 5.32 Å². The molecule has 1 heterocycles. The van der Waals surface area contributed by atoms with Gasteiger partial charge in [0, 0.05) is 19.0 Å². The molecule has 1 aliphatic heterocycles. The molecule has 1 atom stereocenters. The number of amides is 1. The van der Waals surface area contributed by atoms with Gasteiger partial charge in [0.2, 0.25) is 15.9 Å². The number of rotatable bonds is 7. The molecule has 6 nitrogen and oxygen atoms in total. The van der Waals surface area contributed by atoms with Crippen LogP contribution in [0.15, 0.2) is 24.3 Å². The Hall–Kier alpha value is -1.60. The van der Waals surface area contributed by atoms with Gasteiger partial charge in [0.05, 0.1) is 18.9 Å². The number of carbonyl (C=O) groups excluding carboxylic acids is 1. The van der Waals surface area contributed by atoms with Crippen molar-refractivity contribution in [1.29, 1.82) is 0 Å². The van der Waals surface area contributed by atoms with Gasteiger partial charge in [0.15, 0.2) is 0 Å². The highest BCUT2D eigenvalue weighted by atomic mass is 32.2. The number of carbonyl (C=O) groups is 1. The number of methoxy groups -OCH3 is 1. The van der Waals surface area contributed by atoms with Gasteiger partial charge in [-0.15, -0.1) is 0 Å². The Morgan fingerprint density at radius 1 is 1.24 bits per heavy atom. The molecule has 0 saturated carbocycles. The van der Waals surface area contributed by atoms with Gasteiger partial charge in [-0.2, -0.15) is 0 Å². The molecule has 1 amide bonds. The maximum Gasteiger partial charge on any atom is 0.223 e. The van der Waals surface area contributed by atoms with E-state index in [0.717, 1.165) is 17.7 Å². The zero-order chi connectivity index (χ0) is 18.4. The highest BCUT2D eigenvalue weighted by Crippen LogP contribution is 2.24. The average molecular weight is 368 g/mol. The Balaban J connectivity index is 1.94. The zero-order valence-corrected chi connectivity index (χ0v) is 16.0. The number of hydrogen-bond acceptors (Lipinski definition) is 4. The van der Waals surface area contributed by atoms with Crippen molar-refractivity contribution in [2.24, 2.45) is 5.92 Å². The van der Waals surface area contributed by atoms with Crippen LogP contribution in [-0.4, -0.2) is 44.6 Å². The Labute approximate surface area is 150 Å². The van der Waals surface area contributed by atoms with E-state index in [-0.39, 0.29) is 23.6 Å². The molecule has 1 aliphatic rings. The molecular weight excluding hydrogens is 340 g/mol. The van der Waals surface area contributed by atoms with E-state index in [4.69, 9.17) is 4.74 Å². The highest BCUT2D eigenvalue weighted by molar-refractivity contribution is 7.89. The van der Waals surface area contributed by atoms with Crippen LogP contribution in [0, 0.1) is 5.92 Å².